The largest absolute Gasteiger partial charge is 0.459 e. The van der Waals surface area contributed by atoms with Crippen LogP contribution >= 0.6 is 0 Å². The molecule has 0 radical (unpaired) electrons. The first-order chi connectivity index (χ1) is 14.1. The molecule has 2 aliphatic carbocycles. The molecule has 1 atom stereocenters. The van der Waals surface area contributed by atoms with Gasteiger partial charge in [-0.1, -0.05) is 24.3 Å². The fourth-order valence-electron chi connectivity index (χ4n) is 5.44. The highest BCUT2D eigenvalue weighted by molar-refractivity contribution is 5.91. The fraction of sp³-hybridized carbons (Fsp3) is 0.500. The summed E-state index contributed by atoms with van der Waals surface area (Å²) >= 11 is 0. The Hall–Kier alpha value is -2.56. The van der Waals surface area contributed by atoms with Crippen LogP contribution in [0, 0.1) is 0 Å². The first-order valence-corrected chi connectivity index (χ1v) is 10.9. The van der Waals surface area contributed by atoms with Gasteiger partial charge in [0.25, 0.3) is 5.91 Å². The van der Waals surface area contributed by atoms with Gasteiger partial charge in [0.2, 0.25) is 5.91 Å². The van der Waals surface area contributed by atoms with Crippen LogP contribution in [0.15, 0.2) is 47.1 Å². The molecule has 5 nitrogen and oxygen atoms in total. The van der Waals surface area contributed by atoms with E-state index in [0.717, 1.165) is 45.2 Å². The third-order valence-electron chi connectivity index (χ3n) is 7.25. The van der Waals surface area contributed by atoms with Crippen LogP contribution in [0.1, 0.15) is 72.5 Å². The number of nitrogens with one attached hydrogen (secondary N) is 1. The maximum absolute atomic E-state index is 12.6. The van der Waals surface area contributed by atoms with Crippen LogP contribution in [-0.2, 0) is 10.2 Å². The molecule has 5 rings (SSSR count). The second-order valence-corrected chi connectivity index (χ2v) is 8.94. The van der Waals surface area contributed by atoms with Crippen molar-refractivity contribution in [2.45, 2.75) is 62.3 Å². The summed E-state index contributed by atoms with van der Waals surface area (Å²) in [6.07, 6.45) is 8.48. The summed E-state index contributed by atoms with van der Waals surface area (Å²) < 4.78 is 5.29. The molecule has 2 fully saturated rings. The summed E-state index contributed by atoms with van der Waals surface area (Å²) in [7, 11) is 0. The van der Waals surface area contributed by atoms with Gasteiger partial charge in [0.1, 0.15) is 0 Å². The zero-order valence-corrected chi connectivity index (χ0v) is 16.7. The minimum atomic E-state index is -0.0208. The molecule has 2 heterocycles. The Morgan fingerprint density at radius 1 is 1.10 bits per heavy atom. The number of hydrogen-bond donors (Lipinski definition) is 1. The van der Waals surface area contributed by atoms with E-state index in [4.69, 9.17) is 4.42 Å². The monoisotopic (exact) mass is 392 g/mol. The van der Waals surface area contributed by atoms with E-state index in [1.54, 1.807) is 18.4 Å². The average molecular weight is 392 g/mol. The van der Waals surface area contributed by atoms with Crippen LogP contribution in [-0.4, -0.2) is 35.8 Å². The topological polar surface area (TPSA) is 62.6 Å². The molecule has 152 valence electrons. The molecule has 2 aromatic rings. The van der Waals surface area contributed by atoms with Gasteiger partial charge in [0, 0.05) is 25.6 Å². The van der Waals surface area contributed by atoms with Gasteiger partial charge in [0.05, 0.1) is 6.26 Å². The zero-order valence-electron chi connectivity index (χ0n) is 16.7. The molecular weight excluding hydrogens is 364 g/mol. The smallest absolute Gasteiger partial charge is 0.289 e. The van der Waals surface area contributed by atoms with Crippen LogP contribution in [0.3, 0.4) is 0 Å². The molecule has 1 unspecified atom stereocenters. The molecule has 1 saturated carbocycles. The normalized spacial score (nSPS) is 22.9. The van der Waals surface area contributed by atoms with E-state index in [9.17, 15) is 9.59 Å². The van der Waals surface area contributed by atoms with Crippen LogP contribution < -0.4 is 5.32 Å². The van der Waals surface area contributed by atoms with E-state index in [-0.39, 0.29) is 23.1 Å². The van der Waals surface area contributed by atoms with Crippen molar-refractivity contribution >= 4 is 11.8 Å². The Balaban J connectivity index is 1.29. The van der Waals surface area contributed by atoms with Gasteiger partial charge in [-0.25, -0.2) is 0 Å². The van der Waals surface area contributed by atoms with Crippen molar-refractivity contribution in [2.75, 3.05) is 13.1 Å². The molecule has 0 bridgehead atoms. The average Bonchev–Trinajstić information content (AvgIpc) is 3.34. The number of hydrogen-bond acceptors (Lipinski definition) is 3. The van der Waals surface area contributed by atoms with Crippen LogP contribution in [0.5, 0.6) is 0 Å². The number of fused-ring (bicyclic) bond motifs is 2. The van der Waals surface area contributed by atoms with Crippen LogP contribution in [0.4, 0.5) is 0 Å². The van der Waals surface area contributed by atoms with Crippen molar-refractivity contribution in [2.24, 2.45) is 0 Å². The minimum absolute atomic E-state index is 0.0208. The predicted molar refractivity (Wildman–Crippen MR) is 110 cm³/mol. The molecule has 1 spiro atoms. The number of likely N-dealkylation sites (tertiary alicyclic amines) is 1. The highest BCUT2D eigenvalue weighted by Gasteiger charge is 2.46. The van der Waals surface area contributed by atoms with E-state index >= 15 is 0 Å². The number of nitrogens with zero attached hydrogens (tertiary/aromatic N) is 1. The Labute approximate surface area is 171 Å². The third kappa shape index (κ3) is 3.37. The lowest BCUT2D eigenvalue weighted by Crippen LogP contribution is -2.44. The molecule has 2 amide bonds. The SMILES string of the molecule is O=C(CC1CC2(CCN(C(=O)c3ccco3)CC2)c2ccccc21)NC1CCC1. The predicted octanol–water partition coefficient (Wildman–Crippen LogP) is 4.00. The Bertz CT molecular complexity index is 893. The van der Waals surface area contributed by atoms with E-state index in [2.05, 4.69) is 29.6 Å². The minimum Gasteiger partial charge on any atom is -0.459 e. The van der Waals surface area contributed by atoms with Gasteiger partial charge in [-0.15, -0.1) is 0 Å². The van der Waals surface area contributed by atoms with Crippen molar-refractivity contribution in [3.63, 3.8) is 0 Å². The van der Waals surface area contributed by atoms with Crippen molar-refractivity contribution in [3.05, 3.63) is 59.5 Å². The molecule has 1 aromatic heterocycles. The standard InChI is InChI=1S/C24H28N2O3/c27-22(25-18-5-3-6-18)15-17-16-24(20-8-2-1-7-19(17)20)10-12-26(13-11-24)23(28)21-9-4-14-29-21/h1-2,4,7-9,14,17-18H,3,5-6,10-13,15-16H2,(H,25,27). The summed E-state index contributed by atoms with van der Waals surface area (Å²) in [4.78, 5) is 27.1. The van der Waals surface area contributed by atoms with E-state index in [1.165, 1.54) is 17.5 Å². The first kappa shape index (κ1) is 18.5. The molecule has 29 heavy (non-hydrogen) atoms. The van der Waals surface area contributed by atoms with E-state index in [1.807, 2.05) is 4.90 Å². The summed E-state index contributed by atoms with van der Waals surface area (Å²) in [5.74, 6) is 0.862. The van der Waals surface area contributed by atoms with Crippen LogP contribution in [0.25, 0.3) is 0 Å². The summed E-state index contributed by atoms with van der Waals surface area (Å²) in [6, 6.07) is 12.5. The molecule has 1 aromatic carbocycles. The number of piperidine rings is 1. The first-order valence-electron chi connectivity index (χ1n) is 10.9. The van der Waals surface area contributed by atoms with Gasteiger partial charge in [-0.3, -0.25) is 9.59 Å². The zero-order chi connectivity index (χ0) is 19.8. The van der Waals surface area contributed by atoms with E-state index in [0.29, 0.717) is 18.2 Å². The lowest BCUT2D eigenvalue weighted by molar-refractivity contribution is -0.122. The van der Waals surface area contributed by atoms with Gasteiger partial charge in [-0.2, -0.15) is 0 Å². The molecular formula is C24H28N2O3. The second kappa shape index (κ2) is 7.36. The molecule has 5 heteroatoms. The van der Waals surface area contributed by atoms with Crippen molar-refractivity contribution in [1.29, 1.82) is 0 Å². The molecule has 3 aliphatic rings. The van der Waals surface area contributed by atoms with E-state index < -0.39 is 0 Å². The number of rotatable bonds is 4. The Kier molecular flexibility index (Phi) is 4.69. The van der Waals surface area contributed by atoms with Crippen molar-refractivity contribution < 1.29 is 14.0 Å². The lowest BCUT2D eigenvalue weighted by Gasteiger charge is -2.40. The number of benzene rings is 1. The number of carbonyl (C=O) groups excluding carboxylic acids is 2. The van der Waals surface area contributed by atoms with Gasteiger partial charge >= 0.3 is 0 Å². The Morgan fingerprint density at radius 2 is 1.90 bits per heavy atom. The summed E-state index contributed by atoms with van der Waals surface area (Å²) in [6.45, 7) is 1.46. The van der Waals surface area contributed by atoms with Crippen LogP contribution in [0.2, 0.25) is 0 Å². The number of carbonyl (C=O) groups is 2. The molecule has 1 aliphatic heterocycles. The van der Waals surface area contributed by atoms with Gasteiger partial charge < -0.3 is 14.6 Å². The maximum Gasteiger partial charge on any atom is 0.289 e. The molecule has 1 saturated heterocycles. The second-order valence-electron chi connectivity index (χ2n) is 8.94. The Morgan fingerprint density at radius 3 is 2.59 bits per heavy atom. The van der Waals surface area contributed by atoms with Gasteiger partial charge in [0.15, 0.2) is 5.76 Å². The molecule has 1 N–H and O–H groups in total. The maximum atomic E-state index is 12.6. The van der Waals surface area contributed by atoms with Gasteiger partial charge in [-0.05, 0) is 73.1 Å². The van der Waals surface area contributed by atoms with Crippen molar-refractivity contribution in [1.82, 2.24) is 10.2 Å². The summed E-state index contributed by atoms with van der Waals surface area (Å²) in [5, 5.41) is 3.20. The quantitative estimate of drug-likeness (QED) is 0.855. The fourth-order valence-corrected chi connectivity index (χ4v) is 5.44. The highest BCUT2D eigenvalue weighted by Crippen LogP contribution is 2.52. The highest BCUT2D eigenvalue weighted by atomic mass is 16.3. The number of furan rings is 1. The lowest BCUT2D eigenvalue weighted by atomic mass is 9.73. The third-order valence-corrected chi connectivity index (χ3v) is 7.25. The number of amides is 2. The summed E-state index contributed by atoms with van der Waals surface area (Å²) in [5.41, 5.74) is 2.81. The van der Waals surface area contributed by atoms with Crippen molar-refractivity contribution in [3.8, 4) is 0 Å².